The minimum Gasteiger partial charge on any atom is -0.394 e. The Kier molecular flexibility index (Phi) is 4.21. The van der Waals surface area contributed by atoms with Gasteiger partial charge in [0.1, 0.15) is 12.1 Å². The molecule has 0 aromatic carbocycles. The van der Waals surface area contributed by atoms with Gasteiger partial charge in [-0.15, -0.1) is 0 Å². The first kappa shape index (κ1) is 11.3. The van der Waals surface area contributed by atoms with Gasteiger partial charge in [-0.05, 0) is 18.4 Å². The third kappa shape index (κ3) is 2.62. The van der Waals surface area contributed by atoms with Crippen molar-refractivity contribution in [2.24, 2.45) is 0 Å². The average Bonchev–Trinajstić information content (AvgIpc) is 2.18. The van der Waals surface area contributed by atoms with Gasteiger partial charge in [-0.2, -0.15) is 11.8 Å². The van der Waals surface area contributed by atoms with Crippen LogP contribution in [0, 0.1) is 0 Å². The smallest absolute Gasteiger partial charge is 0.245 e. The van der Waals surface area contributed by atoms with E-state index in [-0.39, 0.29) is 18.4 Å². The Morgan fingerprint density at radius 1 is 1.29 bits per heavy atom. The molecule has 0 aromatic rings. The number of nitrogens with one attached hydrogen (secondary N) is 2. The molecule has 80 valence electrons. The summed E-state index contributed by atoms with van der Waals surface area (Å²) in [5.74, 6) is 0.304. The van der Waals surface area contributed by atoms with Gasteiger partial charge >= 0.3 is 0 Å². The molecule has 1 saturated heterocycles. The van der Waals surface area contributed by atoms with Crippen molar-refractivity contribution in [3.8, 4) is 0 Å². The van der Waals surface area contributed by atoms with Gasteiger partial charge in [0.25, 0.3) is 0 Å². The van der Waals surface area contributed by atoms with Crippen molar-refractivity contribution >= 4 is 23.6 Å². The molecule has 2 atom stereocenters. The first-order valence-corrected chi connectivity index (χ1v) is 5.79. The van der Waals surface area contributed by atoms with Crippen LogP contribution in [-0.4, -0.2) is 47.6 Å². The topological polar surface area (TPSA) is 78.4 Å². The lowest BCUT2D eigenvalue weighted by molar-refractivity contribution is -0.137. The summed E-state index contributed by atoms with van der Waals surface area (Å²) < 4.78 is 0. The molecule has 6 heteroatoms. The maximum absolute atomic E-state index is 11.4. The van der Waals surface area contributed by atoms with Crippen molar-refractivity contribution in [1.29, 1.82) is 0 Å². The zero-order chi connectivity index (χ0) is 10.6. The molecule has 1 fully saturated rings. The van der Waals surface area contributed by atoms with Crippen molar-refractivity contribution in [3.05, 3.63) is 0 Å². The van der Waals surface area contributed by atoms with E-state index in [1.54, 1.807) is 11.8 Å². The third-order valence-corrected chi connectivity index (χ3v) is 2.70. The predicted molar refractivity (Wildman–Crippen MR) is 53.9 cm³/mol. The highest BCUT2D eigenvalue weighted by molar-refractivity contribution is 7.98. The van der Waals surface area contributed by atoms with Crippen LogP contribution in [-0.2, 0) is 9.59 Å². The minimum atomic E-state index is -0.784. The summed E-state index contributed by atoms with van der Waals surface area (Å²) >= 11 is 1.62. The van der Waals surface area contributed by atoms with E-state index >= 15 is 0 Å². The van der Waals surface area contributed by atoms with Crippen molar-refractivity contribution in [2.75, 3.05) is 18.6 Å². The molecule has 1 rings (SSSR count). The van der Waals surface area contributed by atoms with E-state index in [9.17, 15) is 9.59 Å². The molecule has 0 radical (unpaired) electrons. The van der Waals surface area contributed by atoms with E-state index in [1.165, 1.54) is 0 Å². The number of thioether (sulfide) groups is 1. The molecule has 14 heavy (non-hydrogen) atoms. The quantitative estimate of drug-likeness (QED) is 0.549. The Bertz CT molecular complexity index is 235. The lowest BCUT2D eigenvalue weighted by Gasteiger charge is -2.28. The lowest BCUT2D eigenvalue weighted by Crippen LogP contribution is -2.62. The van der Waals surface area contributed by atoms with Gasteiger partial charge in [-0.25, -0.2) is 0 Å². The molecule has 3 N–H and O–H groups in total. The molecule has 0 bridgehead atoms. The van der Waals surface area contributed by atoms with E-state index < -0.39 is 12.1 Å². The van der Waals surface area contributed by atoms with E-state index in [2.05, 4.69) is 10.6 Å². The summed E-state index contributed by atoms with van der Waals surface area (Å²) in [7, 11) is 0. The van der Waals surface area contributed by atoms with E-state index in [4.69, 9.17) is 5.11 Å². The monoisotopic (exact) mass is 218 g/mol. The molecule has 0 saturated carbocycles. The number of hydrogen-bond donors (Lipinski definition) is 3. The molecule has 2 amide bonds. The number of aliphatic hydroxyl groups is 1. The van der Waals surface area contributed by atoms with Crippen LogP contribution < -0.4 is 10.6 Å². The number of piperazine rings is 1. The highest BCUT2D eigenvalue weighted by Gasteiger charge is 2.32. The van der Waals surface area contributed by atoms with Gasteiger partial charge in [0.15, 0.2) is 0 Å². The SMILES string of the molecule is CSCCC1NC(=O)C(CO)NC1=O. The normalized spacial score (nSPS) is 27.0. The molecule has 1 aliphatic rings. The number of carbonyl (C=O) groups excluding carboxylic acids is 2. The summed E-state index contributed by atoms with van der Waals surface area (Å²) in [5.41, 5.74) is 0. The van der Waals surface area contributed by atoms with Crippen LogP contribution in [0.2, 0.25) is 0 Å². The molecule has 0 aromatic heterocycles. The van der Waals surface area contributed by atoms with Gasteiger partial charge in [-0.3, -0.25) is 9.59 Å². The molecule has 2 unspecified atom stereocenters. The van der Waals surface area contributed by atoms with Crippen LogP contribution in [0.15, 0.2) is 0 Å². The fraction of sp³-hybridized carbons (Fsp3) is 0.750. The summed E-state index contributed by atoms with van der Waals surface area (Å²) in [4.78, 5) is 22.6. The van der Waals surface area contributed by atoms with Crippen molar-refractivity contribution in [2.45, 2.75) is 18.5 Å². The highest BCUT2D eigenvalue weighted by Crippen LogP contribution is 2.05. The predicted octanol–water partition coefficient (Wildman–Crippen LogP) is -1.28. The van der Waals surface area contributed by atoms with Gasteiger partial charge in [0.05, 0.1) is 6.61 Å². The van der Waals surface area contributed by atoms with Crippen molar-refractivity contribution in [3.63, 3.8) is 0 Å². The number of hydrogen-bond acceptors (Lipinski definition) is 4. The highest BCUT2D eigenvalue weighted by atomic mass is 32.2. The lowest BCUT2D eigenvalue weighted by atomic mass is 10.1. The van der Waals surface area contributed by atoms with Crippen LogP contribution in [0.3, 0.4) is 0 Å². The van der Waals surface area contributed by atoms with Crippen molar-refractivity contribution < 1.29 is 14.7 Å². The van der Waals surface area contributed by atoms with E-state index in [0.717, 1.165) is 5.75 Å². The molecule has 5 nitrogen and oxygen atoms in total. The number of rotatable bonds is 4. The Morgan fingerprint density at radius 3 is 2.43 bits per heavy atom. The van der Waals surface area contributed by atoms with E-state index in [1.807, 2.05) is 6.26 Å². The van der Waals surface area contributed by atoms with E-state index in [0.29, 0.717) is 6.42 Å². The summed E-state index contributed by atoms with van der Waals surface area (Å²) in [6.45, 7) is -0.354. The molecular formula is C8H14N2O3S. The average molecular weight is 218 g/mol. The Hall–Kier alpha value is -0.750. The Labute approximate surface area is 86.6 Å². The maximum atomic E-state index is 11.4. The van der Waals surface area contributed by atoms with Gasteiger partial charge in [-0.1, -0.05) is 0 Å². The molecule has 0 aliphatic carbocycles. The summed E-state index contributed by atoms with van der Waals surface area (Å²) in [5, 5.41) is 13.8. The summed E-state index contributed by atoms with van der Waals surface area (Å²) in [6.07, 6.45) is 2.57. The van der Waals surface area contributed by atoms with Crippen LogP contribution in [0.4, 0.5) is 0 Å². The Morgan fingerprint density at radius 2 is 1.86 bits per heavy atom. The molecule has 1 heterocycles. The van der Waals surface area contributed by atoms with Gasteiger partial charge in [0, 0.05) is 0 Å². The van der Waals surface area contributed by atoms with Crippen LogP contribution in [0.25, 0.3) is 0 Å². The third-order valence-electron chi connectivity index (χ3n) is 2.06. The molecule has 1 aliphatic heterocycles. The van der Waals surface area contributed by atoms with Crippen LogP contribution >= 0.6 is 11.8 Å². The summed E-state index contributed by atoms with van der Waals surface area (Å²) in [6, 6.07) is -1.23. The van der Waals surface area contributed by atoms with Crippen LogP contribution in [0.1, 0.15) is 6.42 Å². The maximum Gasteiger partial charge on any atom is 0.245 e. The van der Waals surface area contributed by atoms with Crippen molar-refractivity contribution in [1.82, 2.24) is 10.6 Å². The number of aliphatic hydroxyl groups excluding tert-OH is 1. The number of amides is 2. The standard InChI is InChI=1S/C8H14N2O3S/c1-14-3-2-5-7(12)10-6(4-11)8(13)9-5/h5-6,11H,2-4H2,1H3,(H,9,13)(H,10,12). The van der Waals surface area contributed by atoms with Crippen LogP contribution in [0.5, 0.6) is 0 Å². The second kappa shape index (κ2) is 5.21. The van der Waals surface area contributed by atoms with Gasteiger partial charge < -0.3 is 15.7 Å². The second-order valence-electron chi connectivity index (χ2n) is 3.09. The molecular weight excluding hydrogens is 204 g/mol. The minimum absolute atomic E-state index is 0.210. The largest absolute Gasteiger partial charge is 0.394 e. The first-order valence-electron chi connectivity index (χ1n) is 4.39. The number of carbonyl (C=O) groups is 2. The first-order chi connectivity index (χ1) is 6.69. The zero-order valence-electron chi connectivity index (χ0n) is 7.95. The fourth-order valence-corrected chi connectivity index (χ4v) is 1.71. The fourth-order valence-electron chi connectivity index (χ4n) is 1.24. The molecule has 0 spiro atoms. The Balaban J connectivity index is 2.49. The van der Waals surface area contributed by atoms with Gasteiger partial charge in [0.2, 0.25) is 11.8 Å². The second-order valence-corrected chi connectivity index (χ2v) is 4.07. The zero-order valence-corrected chi connectivity index (χ0v) is 8.76.